The standard InChI is InChI=1S/C22H20ClFN2O3S/c1-15-3-6-17(22(27)26(2)14-16-4-9-19(24)10-5-16)13-21(15)25-30(28,29)20-11-7-18(23)8-12-20/h3-13,25H,14H2,1-2H3. The fourth-order valence-corrected chi connectivity index (χ4v) is 4.09. The van der Waals surface area contributed by atoms with Crippen LogP contribution in [0.5, 0.6) is 0 Å². The van der Waals surface area contributed by atoms with E-state index in [1.54, 1.807) is 38.2 Å². The highest BCUT2D eigenvalue weighted by atomic mass is 35.5. The Morgan fingerprint density at radius 1 is 1.03 bits per heavy atom. The van der Waals surface area contributed by atoms with Crippen LogP contribution in [0.2, 0.25) is 5.02 Å². The van der Waals surface area contributed by atoms with Crippen LogP contribution in [0.1, 0.15) is 21.5 Å². The Labute approximate surface area is 180 Å². The molecule has 0 aliphatic carbocycles. The summed E-state index contributed by atoms with van der Waals surface area (Å²) < 4.78 is 40.9. The van der Waals surface area contributed by atoms with Crippen molar-refractivity contribution in [2.75, 3.05) is 11.8 Å². The van der Waals surface area contributed by atoms with Crippen LogP contribution in [-0.2, 0) is 16.6 Å². The van der Waals surface area contributed by atoms with Crippen LogP contribution in [-0.4, -0.2) is 26.3 Å². The molecule has 156 valence electrons. The fourth-order valence-electron chi connectivity index (χ4n) is 2.84. The molecule has 0 heterocycles. The maximum absolute atomic E-state index is 13.1. The van der Waals surface area contributed by atoms with E-state index in [0.29, 0.717) is 28.4 Å². The molecular weight excluding hydrogens is 427 g/mol. The largest absolute Gasteiger partial charge is 0.337 e. The van der Waals surface area contributed by atoms with Gasteiger partial charge in [-0.15, -0.1) is 0 Å². The molecule has 0 saturated heterocycles. The second-order valence-electron chi connectivity index (χ2n) is 6.88. The number of rotatable bonds is 6. The highest BCUT2D eigenvalue weighted by Crippen LogP contribution is 2.23. The third kappa shape index (κ3) is 5.17. The van der Waals surface area contributed by atoms with Gasteiger partial charge >= 0.3 is 0 Å². The number of halogens is 2. The maximum Gasteiger partial charge on any atom is 0.261 e. The van der Waals surface area contributed by atoms with Gasteiger partial charge in [-0.3, -0.25) is 9.52 Å². The molecule has 0 atom stereocenters. The van der Waals surface area contributed by atoms with Gasteiger partial charge in [0.2, 0.25) is 0 Å². The quantitative estimate of drug-likeness (QED) is 0.588. The van der Waals surface area contributed by atoms with Crippen LogP contribution < -0.4 is 4.72 Å². The zero-order valence-corrected chi connectivity index (χ0v) is 18.0. The molecule has 3 aromatic carbocycles. The van der Waals surface area contributed by atoms with Crippen molar-refractivity contribution in [1.29, 1.82) is 0 Å². The number of carbonyl (C=O) groups is 1. The molecule has 3 rings (SSSR count). The predicted molar refractivity (Wildman–Crippen MR) is 116 cm³/mol. The van der Waals surface area contributed by atoms with E-state index in [0.717, 1.165) is 5.56 Å². The minimum absolute atomic E-state index is 0.0662. The molecule has 5 nitrogen and oxygen atoms in total. The molecule has 0 unspecified atom stereocenters. The van der Waals surface area contributed by atoms with Crippen LogP contribution in [0.25, 0.3) is 0 Å². The molecule has 30 heavy (non-hydrogen) atoms. The first kappa shape index (κ1) is 21.8. The van der Waals surface area contributed by atoms with E-state index >= 15 is 0 Å². The zero-order valence-electron chi connectivity index (χ0n) is 16.4. The summed E-state index contributed by atoms with van der Waals surface area (Å²) in [5.74, 6) is -0.629. The highest BCUT2D eigenvalue weighted by Gasteiger charge is 2.18. The smallest absolute Gasteiger partial charge is 0.261 e. The Hall–Kier alpha value is -2.90. The van der Waals surface area contributed by atoms with Gasteiger partial charge in [0.15, 0.2) is 0 Å². The molecule has 0 saturated carbocycles. The first-order valence-corrected chi connectivity index (χ1v) is 10.9. The van der Waals surface area contributed by atoms with E-state index in [4.69, 9.17) is 11.6 Å². The maximum atomic E-state index is 13.1. The SMILES string of the molecule is Cc1ccc(C(=O)N(C)Cc2ccc(F)cc2)cc1NS(=O)(=O)c1ccc(Cl)cc1. The Bertz CT molecular complexity index is 1160. The summed E-state index contributed by atoms with van der Waals surface area (Å²) in [5, 5.41) is 0.432. The van der Waals surface area contributed by atoms with Crippen molar-refractivity contribution in [3.8, 4) is 0 Å². The van der Waals surface area contributed by atoms with Gasteiger partial charge in [-0.1, -0.05) is 29.8 Å². The first-order valence-electron chi connectivity index (χ1n) is 9.05. The van der Waals surface area contributed by atoms with Gasteiger partial charge in [0.25, 0.3) is 15.9 Å². The van der Waals surface area contributed by atoms with E-state index < -0.39 is 10.0 Å². The molecule has 0 aromatic heterocycles. The van der Waals surface area contributed by atoms with Crippen LogP contribution in [0.4, 0.5) is 10.1 Å². The summed E-state index contributed by atoms with van der Waals surface area (Å²) in [6.45, 7) is 2.04. The van der Waals surface area contributed by atoms with Gasteiger partial charge in [-0.25, -0.2) is 12.8 Å². The van der Waals surface area contributed by atoms with Crippen molar-refractivity contribution in [2.24, 2.45) is 0 Å². The fraction of sp³-hybridized carbons (Fsp3) is 0.136. The number of carbonyl (C=O) groups excluding carboxylic acids is 1. The average Bonchev–Trinajstić information content (AvgIpc) is 2.71. The van der Waals surface area contributed by atoms with Gasteiger partial charge < -0.3 is 4.90 Å². The topological polar surface area (TPSA) is 66.5 Å². The summed E-state index contributed by atoms with van der Waals surface area (Å²) in [6.07, 6.45) is 0. The summed E-state index contributed by atoms with van der Waals surface area (Å²) in [4.78, 5) is 14.4. The lowest BCUT2D eigenvalue weighted by atomic mass is 10.1. The summed E-state index contributed by atoms with van der Waals surface area (Å²) >= 11 is 5.82. The normalized spacial score (nSPS) is 11.2. The molecule has 3 aromatic rings. The minimum atomic E-state index is -3.84. The van der Waals surface area contributed by atoms with Gasteiger partial charge in [0, 0.05) is 24.2 Å². The first-order chi connectivity index (χ1) is 14.2. The molecule has 0 spiro atoms. The Morgan fingerprint density at radius 2 is 1.67 bits per heavy atom. The number of hydrogen-bond acceptors (Lipinski definition) is 3. The molecule has 0 fully saturated rings. The highest BCUT2D eigenvalue weighted by molar-refractivity contribution is 7.92. The van der Waals surface area contributed by atoms with Crippen molar-refractivity contribution >= 4 is 33.2 Å². The average molecular weight is 447 g/mol. The van der Waals surface area contributed by atoms with Gasteiger partial charge in [0.1, 0.15) is 5.82 Å². The number of aryl methyl sites for hydroxylation is 1. The van der Waals surface area contributed by atoms with Crippen LogP contribution in [0.3, 0.4) is 0 Å². The molecule has 0 aliphatic rings. The summed E-state index contributed by atoms with van der Waals surface area (Å²) in [6, 6.07) is 16.5. The molecule has 1 N–H and O–H groups in total. The van der Waals surface area contributed by atoms with Crippen LogP contribution in [0.15, 0.2) is 71.6 Å². The van der Waals surface area contributed by atoms with E-state index in [1.807, 2.05) is 0 Å². The Kier molecular flexibility index (Phi) is 6.43. The van der Waals surface area contributed by atoms with Gasteiger partial charge in [-0.2, -0.15) is 0 Å². The lowest BCUT2D eigenvalue weighted by molar-refractivity contribution is 0.0785. The van der Waals surface area contributed by atoms with Crippen molar-refractivity contribution < 1.29 is 17.6 Å². The Morgan fingerprint density at radius 3 is 2.30 bits per heavy atom. The molecule has 1 amide bonds. The van der Waals surface area contributed by atoms with Gasteiger partial charge in [-0.05, 0) is 66.6 Å². The second kappa shape index (κ2) is 8.85. The number of amides is 1. The number of benzene rings is 3. The lowest BCUT2D eigenvalue weighted by Crippen LogP contribution is -2.26. The number of hydrogen-bond donors (Lipinski definition) is 1. The van der Waals surface area contributed by atoms with Crippen molar-refractivity contribution in [2.45, 2.75) is 18.4 Å². The van der Waals surface area contributed by atoms with Crippen molar-refractivity contribution in [1.82, 2.24) is 4.90 Å². The number of anilines is 1. The molecule has 0 aliphatic heterocycles. The number of nitrogens with zero attached hydrogens (tertiary/aromatic N) is 1. The summed E-state index contributed by atoms with van der Waals surface area (Å²) in [5.41, 5.74) is 2.10. The summed E-state index contributed by atoms with van der Waals surface area (Å²) in [7, 11) is -2.21. The van der Waals surface area contributed by atoms with E-state index in [9.17, 15) is 17.6 Å². The lowest BCUT2D eigenvalue weighted by Gasteiger charge is -2.19. The molecule has 8 heteroatoms. The number of nitrogens with one attached hydrogen (secondary N) is 1. The predicted octanol–water partition coefficient (Wildman–Crippen LogP) is 4.86. The van der Waals surface area contributed by atoms with E-state index in [1.165, 1.54) is 47.4 Å². The van der Waals surface area contributed by atoms with E-state index in [2.05, 4.69) is 4.72 Å². The van der Waals surface area contributed by atoms with Crippen molar-refractivity contribution in [3.05, 3.63) is 94.3 Å². The van der Waals surface area contributed by atoms with Gasteiger partial charge in [0.05, 0.1) is 10.6 Å². The van der Waals surface area contributed by atoms with Crippen LogP contribution >= 0.6 is 11.6 Å². The third-order valence-electron chi connectivity index (χ3n) is 4.53. The zero-order chi connectivity index (χ0) is 21.9. The number of sulfonamides is 1. The molecular formula is C22H20ClFN2O3S. The molecule has 0 bridgehead atoms. The Balaban J connectivity index is 1.81. The van der Waals surface area contributed by atoms with E-state index in [-0.39, 0.29) is 16.6 Å². The third-order valence-corrected chi connectivity index (χ3v) is 6.17. The monoisotopic (exact) mass is 446 g/mol. The molecule has 0 radical (unpaired) electrons. The van der Waals surface area contributed by atoms with Crippen molar-refractivity contribution in [3.63, 3.8) is 0 Å². The minimum Gasteiger partial charge on any atom is -0.337 e. The van der Waals surface area contributed by atoms with Crippen LogP contribution in [0, 0.1) is 12.7 Å². The second-order valence-corrected chi connectivity index (χ2v) is 9.00.